The molecule has 0 saturated carbocycles. The molecule has 0 radical (unpaired) electrons. The van der Waals surface area contributed by atoms with Crippen molar-refractivity contribution in [3.8, 4) is 0 Å². The van der Waals surface area contributed by atoms with E-state index in [0.29, 0.717) is 19.8 Å². The molecular formula is C15H26N2O3. The van der Waals surface area contributed by atoms with E-state index < -0.39 is 5.79 Å². The first-order chi connectivity index (χ1) is 9.77. The highest BCUT2D eigenvalue weighted by molar-refractivity contribution is 5.78. The molecule has 0 aromatic carbocycles. The molecule has 0 unspecified atom stereocenters. The highest BCUT2D eigenvalue weighted by Crippen LogP contribution is 2.29. The summed E-state index contributed by atoms with van der Waals surface area (Å²) < 4.78 is 11.5. The van der Waals surface area contributed by atoms with Gasteiger partial charge in [0.25, 0.3) is 0 Å². The number of hydrogen-bond donors (Lipinski definition) is 0. The Kier molecular flexibility index (Phi) is 4.58. The monoisotopic (exact) mass is 282 g/mol. The van der Waals surface area contributed by atoms with E-state index in [0.717, 1.165) is 51.9 Å². The second kappa shape index (κ2) is 6.41. The van der Waals surface area contributed by atoms with Crippen molar-refractivity contribution in [2.75, 3.05) is 45.9 Å². The fourth-order valence-electron chi connectivity index (χ4n) is 3.55. The minimum atomic E-state index is -0.419. The van der Waals surface area contributed by atoms with Crippen LogP contribution in [0.5, 0.6) is 0 Å². The van der Waals surface area contributed by atoms with E-state index >= 15 is 0 Å². The summed E-state index contributed by atoms with van der Waals surface area (Å²) in [7, 11) is 0. The van der Waals surface area contributed by atoms with E-state index in [1.807, 2.05) is 4.90 Å². The largest absolute Gasteiger partial charge is 0.346 e. The van der Waals surface area contributed by atoms with Crippen LogP contribution in [0.25, 0.3) is 0 Å². The number of hydrogen-bond acceptors (Lipinski definition) is 4. The Labute approximate surface area is 121 Å². The first-order valence-electron chi connectivity index (χ1n) is 8.06. The lowest BCUT2D eigenvalue weighted by Crippen LogP contribution is -2.52. The molecule has 3 aliphatic heterocycles. The smallest absolute Gasteiger partial charge is 0.236 e. The fraction of sp³-hybridized carbons (Fsp3) is 0.933. The third-order valence-electron chi connectivity index (χ3n) is 4.63. The van der Waals surface area contributed by atoms with Gasteiger partial charge in [0.1, 0.15) is 0 Å². The Morgan fingerprint density at radius 3 is 2.35 bits per heavy atom. The molecule has 1 spiro atoms. The van der Waals surface area contributed by atoms with Gasteiger partial charge in [-0.15, -0.1) is 0 Å². The maximum atomic E-state index is 12.4. The summed E-state index contributed by atoms with van der Waals surface area (Å²) in [4.78, 5) is 16.7. The van der Waals surface area contributed by atoms with Crippen LogP contribution in [0.3, 0.4) is 0 Å². The van der Waals surface area contributed by atoms with Gasteiger partial charge in [0, 0.05) is 19.5 Å². The maximum Gasteiger partial charge on any atom is 0.236 e. The normalized spacial score (nSPS) is 27.7. The predicted octanol–water partition coefficient (Wildman–Crippen LogP) is 1.23. The Balaban J connectivity index is 1.52. The van der Waals surface area contributed by atoms with Gasteiger partial charge in [-0.05, 0) is 25.8 Å². The number of ether oxygens (including phenoxy) is 2. The number of amides is 1. The van der Waals surface area contributed by atoms with E-state index in [-0.39, 0.29) is 5.91 Å². The quantitative estimate of drug-likeness (QED) is 0.764. The molecule has 0 atom stereocenters. The molecule has 3 heterocycles. The Morgan fingerprint density at radius 2 is 1.65 bits per heavy atom. The zero-order chi connectivity index (χ0) is 13.8. The van der Waals surface area contributed by atoms with Gasteiger partial charge in [0.15, 0.2) is 5.79 Å². The topological polar surface area (TPSA) is 42.0 Å². The van der Waals surface area contributed by atoms with Gasteiger partial charge in [-0.2, -0.15) is 0 Å². The maximum absolute atomic E-state index is 12.4. The van der Waals surface area contributed by atoms with Crippen molar-refractivity contribution in [1.29, 1.82) is 0 Å². The summed E-state index contributed by atoms with van der Waals surface area (Å²) >= 11 is 0. The van der Waals surface area contributed by atoms with Crippen molar-refractivity contribution in [3.05, 3.63) is 0 Å². The van der Waals surface area contributed by atoms with Crippen LogP contribution >= 0.6 is 0 Å². The number of piperidine rings is 1. The minimum Gasteiger partial charge on any atom is -0.346 e. The van der Waals surface area contributed by atoms with Crippen LogP contribution in [0.2, 0.25) is 0 Å². The Bertz CT molecular complexity index is 334. The lowest BCUT2D eigenvalue weighted by atomic mass is 10.0. The van der Waals surface area contributed by atoms with E-state index in [9.17, 15) is 4.79 Å². The molecular weight excluding hydrogens is 256 g/mol. The average Bonchev–Trinajstić information content (AvgIpc) is 2.73. The van der Waals surface area contributed by atoms with E-state index in [2.05, 4.69) is 4.90 Å². The molecule has 3 saturated heterocycles. The SMILES string of the molecule is O=C(CN1CCCC2(C1)OCCO2)N1CCCCCC1. The van der Waals surface area contributed by atoms with Crippen LogP contribution in [-0.2, 0) is 14.3 Å². The molecule has 5 heteroatoms. The average molecular weight is 282 g/mol. The number of rotatable bonds is 2. The lowest BCUT2D eigenvalue weighted by Gasteiger charge is -2.38. The Hall–Kier alpha value is -0.650. The molecule has 5 nitrogen and oxygen atoms in total. The molecule has 0 aromatic rings. The van der Waals surface area contributed by atoms with Crippen molar-refractivity contribution in [2.24, 2.45) is 0 Å². The summed E-state index contributed by atoms with van der Waals surface area (Å²) in [6.07, 6.45) is 6.84. The molecule has 114 valence electrons. The van der Waals surface area contributed by atoms with Crippen molar-refractivity contribution >= 4 is 5.91 Å². The second-order valence-corrected chi connectivity index (χ2v) is 6.22. The Morgan fingerprint density at radius 1 is 0.950 bits per heavy atom. The van der Waals surface area contributed by atoms with Crippen molar-refractivity contribution in [3.63, 3.8) is 0 Å². The van der Waals surface area contributed by atoms with Gasteiger partial charge in [-0.1, -0.05) is 12.8 Å². The summed E-state index contributed by atoms with van der Waals surface area (Å²) in [5.41, 5.74) is 0. The van der Waals surface area contributed by atoms with Gasteiger partial charge in [-0.3, -0.25) is 9.69 Å². The minimum absolute atomic E-state index is 0.280. The van der Waals surface area contributed by atoms with E-state index in [4.69, 9.17) is 9.47 Å². The van der Waals surface area contributed by atoms with E-state index in [1.54, 1.807) is 0 Å². The first-order valence-corrected chi connectivity index (χ1v) is 8.06. The van der Waals surface area contributed by atoms with Gasteiger partial charge < -0.3 is 14.4 Å². The summed E-state index contributed by atoms with van der Waals surface area (Å²) in [6, 6.07) is 0. The summed E-state index contributed by atoms with van der Waals surface area (Å²) in [5.74, 6) is -0.140. The second-order valence-electron chi connectivity index (χ2n) is 6.22. The molecule has 3 aliphatic rings. The molecule has 0 N–H and O–H groups in total. The molecule has 0 aromatic heterocycles. The van der Waals surface area contributed by atoms with Gasteiger partial charge >= 0.3 is 0 Å². The zero-order valence-corrected chi connectivity index (χ0v) is 12.3. The van der Waals surface area contributed by atoms with Gasteiger partial charge in [0.2, 0.25) is 5.91 Å². The first kappa shape index (κ1) is 14.3. The highest BCUT2D eigenvalue weighted by atomic mass is 16.7. The van der Waals surface area contributed by atoms with Gasteiger partial charge in [-0.25, -0.2) is 0 Å². The predicted molar refractivity (Wildman–Crippen MR) is 75.4 cm³/mol. The van der Waals surface area contributed by atoms with Crippen molar-refractivity contribution in [2.45, 2.75) is 44.3 Å². The molecule has 1 amide bonds. The van der Waals surface area contributed by atoms with Crippen LogP contribution < -0.4 is 0 Å². The highest BCUT2D eigenvalue weighted by Gasteiger charge is 2.41. The summed E-state index contributed by atoms with van der Waals surface area (Å²) in [6.45, 7) is 5.49. The molecule has 20 heavy (non-hydrogen) atoms. The van der Waals surface area contributed by atoms with Crippen LogP contribution in [0.15, 0.2) is 0 Å². The molecule has 0 bridgehead atoms. The number of carbonyl (C=O) groups is 1. The van der Waals surface area contributed by atoms with Gasteiger partial charge in [0.05, 0.1) is 26.3 Å². The van der Waals surface area contributed by atoms with Crippen molar-refractivity contribution < 1.29 is 14.3 Å². The van der Waals surface area contributed by atoms with Crippen LogP contribution in [0.1, 0.15) is 38.5 Å². The van der Waals surface area contributed by atoms with Crippen LogP contribution in [0.4, 0.5) is 0 Å². The standard InChI is InChI=1S/C15H26N2O3/c18-14(17-8-3-1-2-4-9-17)12-16-7-5-6-15(13-16)19-10-11-20-15/h1-13H2. The fourth-order valence-corrected chi connectivity index (χ4v) is 3.55. The zero-order valence-electron chi connectivity index (χ0n) is 12.3. The van der Waals surface area contributed by atoms with E-state index in [1.165, 1.54) is 12.8 Å². The van der Waals surface area contributed by atoms with Crippen LogP contribution in [0, 0.1) is 0 Å². The van der Waals surface area contributed by atoms with Crippen LogP contribution in [-0.4, -0.2) is 67.4 Å². The third kappa shape index (κ3) is 3.32. The lowest BCUT2D eigenvalue weighted by molar-refractivity contribution is -0.190. The number of likely N-dealkylation sites (tertiary alicyclic amines) is 2. The number of nitrogens with zero attached hydrogens (tertiary/aromatic N) is 2. The molecule has 0 aliphatic carbocycles. The summed E-state index contributed by atoms with van der Waals surface area (Å²) in [5, 5.41) is 0. The third-order valence-corrected chi connectivity index (χ3v) is 4.63. The molecule has 3 fully saturated rings. The van der Waals surface area contributed by atoms with Crippen molar-refractivity contribution in [1.82, 2.24) is 9.80 Å². The molecule has 3 rings (SSSR count). The number of carbonyl (C=O) groups excluding carboxylic acids is 1.